The molecule has 16 heavy (non-hydrogen) atoms. The summed E-state index contributed by atoms with van der Waals surface area (Å²) in [6, 6.07) is -1.06. The highest BCUT2D eigenvalue weighted by Crippen LogP contribution is 2.08. The van der Waals surface area contributed by atoms with Gasteiger partial charge in [-0.15, -0.1) is 0 Å². The van der Waals surface area contributed by atoms with Gasteiger partial charge in [0.2, 0.25) is 0 Å². The second-order valence-corrected chi connectivity index (χ2v) is 3.87. The molecule has 1 heterocycles. The first-order valence-electron chi connectivity index (χ1n) is 4.84. The van der Waals surface area contributed by atoms with Crippen molar-refractivity contribution in [2.24, 2.45) is 0 Å². The lowest BCUT2D eigenvalue weighted by Gasteiger charge is -2.22. The van der Waals surface area contributed by atoms with Gasteiger partial charge in [-0.1, -0.05) is 0 Å². The van der Waals surface area contributed by atoms with E-state index in [1.807, 2.05) is 0 Å². The second-order valence-electron chi connectivity index (χ2n) is 3.87. The second kappa shape index (κ2) is 4.48. The van der Waals surface area contributed by atoms with Gasteiger partial charge in [-0.3, -0.25) is 14.9 Å². The van der Waals surface area contributed by atoms with E-state index in [0.29, 0.717) is 0 Å². The van der Waals surface area contributed by atoms with Crippen LogP contribution in [-0.4, -0.2) is 43.1 Å². The number of rotatable bonds is 4. The van der Waals surface area contributed by atoms with Crippen LogP contribution in [0.3, 0.4) is 0 Å². The Hall–Kier alpha value is -1.63. The SMILES string of the molecule is COC(=O)C(C)NCC1(C)NC(=O)NC1=O. The van der Waals surface area contributed by atoms with Gasteiger partial charge in [0.05, 0.1) is 7.11 Å². The van der Waals surface area contributed by atoms with Crippen molar-refractivity contribution in [3.05, 3.63) is 0 Å². The first-order valence-corrected chi connectivity index (χ1v) is 4.84. The van der Waals surface area contributed by atoms with Crippen LogP contribution in [-0.2, 0) is 14.3 Å². The number of amides is 3. The third-order valence-corrected chi connectivity index (χ3v) is 2.43. The van der Waals surface area contributed by atoms with Gasteiger partial charge in [-0.05, 0) is 13.8 Å². The topological polar surface area (TPSA) is 96.5 Å². The number of esters is 1. The van der Waals surface area contributed by atoms with Crippen molar-refractivity contribution in [3.8, 4) is 0 Å². The highest BCUT2D eigenvalue weighted by molar-refractivity contribution is 6.06. The Balaban J connectivity index is 2.52. The molecule has 1 saturated heterocycles. The van der Waals surface area contributed by atoms with Crippen LogP contribution in [0.2, 0.25) is 0 Å². The highest BCUT2D eigenvalue weighted by Gasteiger charge is 2.42. The molecule has 1 aliphatic rings. The lowest BCUT2D eigenvalue weighted by molar-refractivity contribution is -0.142. The van der Waals surface area contributed by atoms with Gasteiger partial charge in [0.15, 0.2) is 0 Å². The van der Waals surface area contributed by atoms with E-state index < -0.39 is 29.5 Å². The molecule has 7 heteroatoms. The minimum atomic E-state index is -1.03. The molecule has 0 spiro atoms. The Morgan fingerprint density at radius 1 is 1.56 bits per heavy atom. The Labute approximate surface area is 92.9 Å². The first-order chi connectivity index (χ1) is 7.39. The maximum absolute atomic E-state index is 11.4. The van der Waals surface area contributed by atoms with Crippen molar-refractivity contribution < 1.29 is 19.1 Å². The zero-order chi connectivity index (χ0) is 12.3. The molecule has 0 aromatic heterocycles. The van der Waals surface area contributed by atoms with Gasteiger partial charge in [-0.2, -0.15) is 0 Å². The number of hydrogen-bond donors (Lipinski definition) is 3. The minimum absolute atomic E-state index is 0.154. The minimum Gasteiger partial charge on any atom is -0.468 e. The van der Waals surface area contributed by atoms with Crippen molar-refractivity contribution in [1.29, 1.82) is 0 Å². The quantitative estimate of drug-likeness (QED) is 0.413. The Morgan fingerprint density at radius 2 is 2.19 bits per heavy atom. The molecule has 0 aromatic rings. The van der Waals surface area contributed by atoms with Crippen molar-refractivity contribution >= 4 is 17.9 Å². The van der Waals surface area contributed by atoms with Crippen LogP contribution in [0.1, 0.15) is 13.8 Å². The smallest absolute Gasteiger partial charge is 0.322 e. The van der Waals surface area contributed by atoms with Gasteiger partial charge in [0.1, 0.15) is 11.6 Å². The number of carbonyl (C=O) groups excluding carboxylic acids is 3. The summed E-state index contributed by atoms with van der Waals surface area (Å²) < 4.78 is 4.52. The van der Waals surface area contributed by atoms with E-state index in [1.54, 1.807) is 13.8 Å². The van der Waals surface area contributed by atoms with Gasteiger partial charge in [0.25, 0.3) is 5.91 Å². The number of urea groups is 1. The highest BCUT2D eigenvalue weighted by atomic mass is 16.5. The number of imide groups is 1. The molecule has 7 nitrogen and oxygen atoms in total. The van der Waals surface area contributed by atoms with Crippen LogP contribution in [0, 0.1) is 0 Å². The van der Waals surface area contributed by atoms with Gasteiger partial charge in [0, 0.05) is 6.54 Å². The summed E-state index contributed by atoms with van der Waals surface area (Å²) in [6.07, 6.45) is 0. The molecule has 3 amide bonds. The van der Waals surface area contributed by atoms with E-state index in [1.165, 1.54) is 7.11 Å². The fourth-order valence-electron chi connectivity index (χ4n) is 1.32. The molecule has 90 valence electrons. The van der Waals surface area contributed by atoms with Crippen molar-refractivity contribution in [2.75, 3.05) is 13.7 Å². The summed E-state index contributed by atoms with van der Waals surface area (Å²) in [5, 5.41) is 7.42. The van der Waals surface area contributed by atoms with Crippen LogP contribution >= 0.6 is 0 Å². The molecule has 2 unspecified atom stereocenters. The van der Waals surface area contributed by atoms with Gasteiger partial charge >= 0.3 is 12.0 Å². The molecular formula is C9H15N3O4. The molecule has 1 fully saturated rings. The van der Waals surface area contributed by atoms with E-state index >= 15 is 0 Å². The van der Waals surface area contributed by atoms with Crippen LogP contribution in [0.5, 0.6) is 0 Å². The normalized spacial score (nSPS) is 25.9. The van der Waals surface area contributed by atoms with Crippen molar-refractivity contribution in [3.63, 3.8) is 0 Å². The Bertz CT molecular complexity index is 331. The summed E-state index contributed by atoms with van der Waals surface area (Å²) in [5.41, 5.74) is -1.03. The fourth-order valence-corrected chi connectivity index (χ4v) is 1.32. The summed E-state index contributed by atoms with van der Waals surface area (Å²) in [4.78, 5) is 33.4. The average molecular weight is 229 g/mol. The Morgan fingerprint density at radius 3 is 2.62 bits per heavy atom. The van der Waals surface area contributed by atoms with E-state index in [0.717, 1.165) is 0 Å². The van der Waals surface area contributed by atoms with E-state index in [2.05, 4.69) is 20.7 Å². The monoisotopic (exact) mass is 229 g/mol. The summed E-state index contributed by atoms with van der Waals surface area (Å²) in [7, 11) is 1.28. The van der Waals surface area contributed by atoms with E-state index in [4.69, 9.17) is 0 Å². The number of ether oxygens (including phenoxy) is 1. The standard InChI is InChI=1S/C9H15N3O4/c1-5(6(13)16-3)10-4-9(2)7(14)11-8(15)12-9/h5,10H,4H2,1-3H3,(H2,11,12,14,15). The number of carbonyl (C=O) groups is 3. The molecule has 0 aromatic carbocycles. The Kier molecular flexibility index (Phi) is 3.48. The maximum atomic E-state index is 11.4. The van der Waals surface area contributed by atoms with Gasteiger partial charge < -0.3 is 15.4 Å². The molecule has 0 aliphatic carbocycles. The van der Waals surface area contributed by atoms with E-state index in [9.17, 15) is 14.4 Å². The summed E-state index contributed by atoms with van der Waals surface area (Å²) >= 11 is 0. The van der Waals surface area contributed by atoms with Crippen molar-refractivity contribution in [2.45, 2.75) is 25.4 Å². The molecule has 1 rings (SSSR count). The molecular weight excluding hydrogens is 214 g/mol. The van der Waals surface area contributed by atoms with Crippen LogP contribution in [0.15, 0.2) is 0 Å². The molecule has 0 saturated carbocycles. The lowest BCUT2D eigenvalue weighted by atomic mass is 10.0. The predicted molar refractivity (Wildman–Crippen MR) is 54.6 cm³/mol. The summed E-state index contributed by atoms with van der Waals surface area (Å²) in [5.74, 6) is -0.838. The van der Waals surface area contributed by atoms with Crippen LogP contribution in [0.4, 0.5) is 4.79 Å². The zero-order valence-corrected chi connectivity index (χ0v) is 9.42. The molecule has 3 N–H and O–H groups in total. The van der Waals surface area contributed by atoms with Crippen LogP contribution in [0.25, 0.3) is 0 Å². The van der Waals surface area contributed by atoms with E-state index in [-0.39, 0.29) is 6.54 Å². The van der Waals surface area contributed by atoms with Crippen molar-refractivity contribution in [1.82, 2.24) is 16.0 Å². The summed E-state index contributed by atoms with van der Waals surface area (Å²) in [6.45, 7) is 3.34. The molecule has 1 aliphatic heterocycles. The first kappa shape index (κ1) is 12.4. The largest absolute Gasteiger partial charge is 0.468 e. The fraction of sp³-hybridized carbons (Fsp3) is 0.667. The third-order valence-electron chi connectivity index (χ3n) is 2.43. The lowest BCUT2D eigenvalue weighted by Crippen LogP contribution is -2.54. The molecule has 0 bridgehead atoms. The number of hydrogen-bond acceptors (Lipinski definition) is 5. The number of nitrogens with one attached hydrogen (secondary N) is 3. The van der Waals surface area contributed by atoms with Crippen LogP contribution < -0.4 is 16.0 Å². The molecule has 2 atom stereocenters. The maximum Gasteiger partial charge on any atom is 0.322 e. The molecule has 0 radical (unpaired) electrons. The average Bonchev–Trinajstić information content (AvgIpc) is 2.48. The zero-order valence-electron chi connectivity index (χ0n) is 9.42. The number of methoxy groups -OCH3 is 1. The third kappa shape index (κ3) is 2.48. The predicted octanol–water partition coefficient (Wildman–Crippen LogP) is -1.26. The van der Waals surface area contributed by atoms with Gasteiger partial charge in [-0.25, -0.2) is 4.79 Å².